The summed E-state index contributed by atoms with van der Waals surface area (Å²) in [6, 6.07) is 0.689. The maximum Gasteiger partial charge on any atom is 0.365 e. The van der Waals surface area contributed by atoms with Crippen LogP contribution in [-0.4, -0.2) is 39.0 Å². The number of aromatic nitrogens is 1. The van der Waals surface area contributed by atoms with Crippen molar-refractivity contribution in [2.75, 3.05) is 0 Å². The van der Waals surface area contributed by atoms with Crippen LogP contribution in [0.3, 0.4) is 0 Å². The Morgan fingerprint density at radius 1 is 1.32 bits per heavy atom. The lowest BCUT2D eigenvalue weighted by molar-refractivity contribution is 0.0696. The van der Waals surface area contributed by atoms with Crippen LogP contribution in [0.15, 0.2) is 0 Å². The van der Waals surface area contributed by atoms with Gasteiger partial charge in [-0.15, -0.1) is 11.3 Å². The monoisotopic (exact) mass is 280 g/mol. The Bertz CT molecular complexity index is 520. The summed E-state index contributed by atoms with van der Waals surface area (Å²) < 4.78 is 0. The lowest BCUT2D eigenvalue weighted by Gasteiger charge is -2.21. The van der Waals surface area contributed by atoms with E-state index >= 15 is 0 Å². The summed E-state index contributed by atoms with van der Waals surface area (Å²) in [5, 5.41) is 9.02. The summed E-state index contributed by atoms with van der Waals surface area (Å²) in [7, 11) is 0. The second kappa shape index (κ2) is 4.59. The molecule has 1 aromatic heterocycles. The van der Waals surface area contributed by atoms with Gasteiger partial charge in [0.25, 0.3) is 5.91 Å². The normalized spacial score (nSPS) is 25.0. The molecule has 0 radical (unpaired) electrons. The number of carbonyl (C=O) groups is 2. The van der Waals surface area contributed by atoms with Gasteiger partial charge >= 0.3 is 5.97 Å². The average molecular weight is 280 g/mol. The molecule has 1 N–H and O–H groups in total. The van der Waals surface area contributed by atoms with Gasteiger partial charge in [0, 0.05) is 17.0 Å². The molecule has 2 saturated heterocycles. The minimum Gasteiger partial charge on any atom is -0.476 e. The fraction of sp³-hybridized carbons (Fsp3) is 0.615. The fourth-order valence-corrected chi connectivity index (χ4v) is 4.05. The Balaban J connectivity index is 1.93. The van der Waals surface area contributed by atoms with Crippen LogP contribution < -0.4 is 0 Å². The fourth-order valence-electron chi connectivity index (χ4n) is 3.22. The first-order valence-corrected chi connectivity index (χ1v) is 7.49. The van der Waals surface area contributed by atoms with Crippen molar-refractivity contribution in [3.05, 3.63) is 15.6 Å². The highest BCUT2D eigenvalue weighted by atomic mass is 32.1. The number of rotatable bonds is 3. The number of fused-ring (bicyclic) bond motifs is 2. The zero-order valence-electron chi connectivity index (χ0n) is 10.8. The summed E-state index contributed by atoms with van der Waals surface area (Å²) in [6.07, 6.45) is 4.96. The van der Waals surface area contributed by atoms with Gasteiger partial charge in [0.15, 0.2) is 0 Å². The van der Waals surface area contributed by atoms with Crippen LogP contribution in [0.1, 0.15) is 57.8 Å². The minimum atomic E-state index is -1.05. The number of hydrogen-bond donors (Lipinski definition) is 1. The maximum absolute atomic E-state index is 12.6. The van der Waals surface area contributed by atoms with E-state index in [9.17, 15) is 9.59 Å². The quantitative estimate of drug-likeness (QED) is 0.921. The molecule has 0 unspecified atom stereocenters. The van der Waals surface area contributed by atoms with E-state index in [1.165, 1.54) is 0 Å². The van der Waals surface area contributed by atoms with Gasteiger partial charge in [-0.2, -0.15) is 0 Å². The summed E-state index contributed by atoms with van der Waals surface area (Å²) in [5.74, 6) is -1.12. The number of aromatic carboxylic acids is 1. The second-order valence-electron chi connectivity index (χ2n) is 5.12. The molecule has 3 heterocycles. The first-order chi connectivity index (χ1) is 9.11. The van der Waals surface area contributed by atoms with Crippen LogP contribution in [0.4, 0.5) is 0 Å². The summed E-state index contributed by atoms with van der Waals surface area (Å²) in [6.45, 7) is 1.93. The van der Waals surface area contributed by atoms with E-state index in [1.807, 2.05) is 11.8 Å². The van der Waals surface area contributed by atoms with Gasteiger partial charge in [-0.25, -0.2) is 9.78 Å². The first-order valence-electron chi connectivity index (χ1n) is 6.67. The van der Waals surface area contributed by atoms with E-state index in [0.29, 0.717) is 24.2 Å². The van der Waals surface area contributed by atoms with Crippen LogP contribution in [-0.2, 0) is 6.42 Å². The van der Waals surface area contributed by atoms with E-state index in [2.05, 4.69) is 4.98 Å². The summed E-state index contributed by atoms with van der Waals surface area (Å²) in [5.41, 5.74) is 0.365. The molecule has 2 aliphatic heterocycles. The standard InChI is InChI=1S/C13H16N2O3S/c1-2-9-10(14-11(19-9)13(17)18)12(16)15-7-3-4-8(15)6-5-7/h7-8H,2-6H2,1H3,(H,17,18). The molecule has 0 aromatic carbocycles. The number of nitrogens with zero attached hydrogens (tertiary/aromatic N) is 2. The van der Waals surface area contributed by atoms with E-state index in [1.54, 1.807) is 0 Å². The maximum atomic E-state index is 12.6. The number of carboxylic acid groups (broad SMARTS) is 1. The molecule has 2 fully saturated rings. The first kappa shape index (κ1) is 12.6. The Hall–Kier alpha value is -1.43. The van der Waals surface area contributed by atoms with Gasteiger partial charge in [0.05, 0.1) is 0 Å². The number of aryl methyl sites for hydroxylation is 1. The third kappa shape index (κ3) is 1.94. The molecule has 2 aliphatic rings. The molecular formula is C13H16N2O3S. The molecule has 0 atom stereocenters. The highest BCUT2D eigenvalue weighted by molar-refractivity contribution is 7.13. The van der Waals surface area contributed by atoms with Gasteiger partial charge < -0.3 is 10.0 Å². The molecule has 19 heavy (non-hydrogen) atoms. The van der Waals surface area contributed by atoms with Gasteiger partial charge in [-0.05, 0) is 32.1 Å². The largest absolute Gasteiger partial charge is 0.476 e. The lowest BCUT2D eigenvalue weighted by atomic mass is 10.0. The molecule has 0 aliphatic carbocycles. The van der Waals surface area contributed by atoms with Crippen LogP contribution in [0.2, 0.25) is 0 Å². The van der Waals surface area contributed by atoms with Gasteiger partial charge in [0.1, 0.15) is 5.69 Å². The molecule has 5 nitrogen and oxygen atoms in total. The molecule has 1 amide bonds. The van der Waals surface area contributed by atoms with Crippen molar-refractivity contribution in [2.24, 2.45) is 0 Å². The molecule has 1 aromatic rings. The summed E-state index contributed by atoms with van der Waals surface area (Å²) >= 11 is 1.12. The van der Waals surface area contributed by atoms with Crippen molar-refractivity contribution in [3.8, 4) is 0 Å². The number of thiazole rings is 1. The molecule has 3 rings (SSSR count). The van der Waals surface area contributed by atoms with E-state index in [-0.39, 0.29) is 10.9 Å². The van der Waals surface area contributed by atoms with Crippen molar-refractivity contribution < 1.29 is 14.7 Å². The van der Waals surface area contributed by atoms with E-state index in [4.69, 9.17) is 5.11 Å². The van der Waals surface area contributed by atoms with Crippen LogP contribution in [0.5, 0.6) is 0 Å². The SMILES string of the molecule is CCc1sc(C(=O)O)nc1C(=O)N1C2CCC1CC2. The number of hydrogen-bond acceptors (Lipinski definition) is 4. The molecule has 0 spiro atoms. The van der Waals surface area contributed by atoms with E-state index in [0.717, 1.165) is 41.9 Å². The number of carboxylic acids is 1. The smallest absolute Gasteiger partial charge is 0.365 e. The van der Waals surface area contributed by atoms with Crippen molar-refractivity contribution in [2.45, 2.75) is 51.1 Å². The Kier molecular flexibility index (Phi) is 3.05. The molecular weight excluding hydrogens is 264 g/mol. The summed E-state index contributed by atoms with van der Waals surface area (Å²) in [4.78, 5) is 30.4. The molecule has 102 valence electrons. The molecule has 6 heteroatoms. The highest BCUT2D eigenvalue weighted by Gasteiger charge is 2.43. The van der Waals surface area contributed by atoms with Crippen LogP contribution in [0.25, 0.3) is 0 Å². The molecule has 0 saturated carbocycles. The predicted molar refractivity (Wildman–Crippen MR) is 70.7 cm³/mol. The number of carbonyl (C=O) groups excluding carboxylic acids is 1. The van der Waals surface area contributed by atoms with Crippen molar-refractivity contribution in [1.29, 1.82) is 0 Å². The Labute approximate surface area is 115 Å². The minimum absolute atomic E-state index is 0.0201. The van der Waals surface area contributed by atoms with Gasteiger partial charge in [-0.1, -0.05) is 6.92 Å². The third-order valence-corrected chi connectivity index (χ3v) is 5.28. The van der Waals surface area contributed by atoms with Crippen molar-refractivity contribution >= 4 is 23.2 Å². The number of amides is 1. The average Bonchev–Trinajstić information content (AvgIpc) is 3.11. The van der Waals surface area contributed by atoms with Gasteiger partial charge in [-0.3, -0.25) is 4.79 Å². The topological polar surface area (TPSA) is 70.5 Å². The van der Waals surface area contributed by atoms with Crippen LogP contribution in [0, 0.1) is 0 Å². The second-order valence-corrected chi connectivity index (χ2v) is 6.21. The lowest BCUT2D eigenvalue weighted by Crippen LogP contribution is -2.35. The van der Waals surface area contributed by atoms with Gasteiger partial charge in [0.2, 0.25) is 5.01 Å². The zero-order chi connectivity index (χ0) is 13.6. The Morgan fingerprint density at radius 3 is 2.37 bits per heavy atom. The van der Waals surface area contributed by atoms with E-state index < -0.39 is 5.97 Å². The van der Waals surface area contributed by atoms with Crippen molar-refractivity contribution in [3.63, 3.8) is 0 Å². The Morgan fingerprint density at radius 2 is 1.89 bits per heavy atom. The molecule has 2 bridgehead atoms. The highest BCUT2D eigenvalue weighted by Crippen LogP contribution is 2.38. The van der Waals surface area contributed by atoms with Crippen LogP contribution >= 0.6 is 11.3 Å². The van der Waals surface area contributed by atoms with Crippen molar-refractivity contribution in [1.82, 2.24) is 9.88 Å². The zero-order valence-corrected chi connectivity index (χ0v) is 11.6. The predicted octanol–water partition coefficient (Wildman–Crippen LogP) is 2.17. The third-order valence-electron chi connectivity index (χ3n) is 4.09.